The summed E-state index contributed by atoms with van der Waals surface area (Å²) in [7, 11) is 0. The number of nitrogens with one attached hydrogen (secondary N) is 1. The Labute approximate surface area is 83.8 Å². The highest BCUT2D eigenvalue weighted by Gasteiger charge is 2.06. The monoisotopic (exact) mass is 193 g/mol. The van der Waals surface area contributed by atoms with Gasteiger partial charge in [0.2, 0.25) is 5.91 Å². The Morgan fingerprint density at radius 1 is 1.43 bits per heavy atom. The SMILES string of the molecule is CC(O)C(=O)NCCc1ccccc1. The number of amides is 1. The van der Waals surface area contributed by atoms with Crippen LogP contribution in [0.1, 0.15) is 12.5 Å². The number of carbonyl (C=O) groups is 1. The number of rotatable bonds is 4. The summed E-state index contributed by atoms with van der Waals surface area (Å²) in [5, 5.41) is 11.5. The Balaban J connectivity index is 2.26. The molecule has 0 radical (unpaired) electrons. The number of aliphatic hydroxyl groups is 1. The molecule has 0 aromatic heterocycles. The third-order valence-corrected chi connectivity index (χ3v) is 1.94. The molecule has 0 fully saturated rings. The molecule has 1 aromatic rings. The van der Waals surface area contributed by atoms with Gasteiger partial charge in [0.25, 0.3) is 0 Å². The predicted octanol–water partition coefficient (Wildman–Crippen LogP) is 0.726. The normalized spacial score (nSPS) is 12.1. The van der Waals surface area contributed by atoms with Crippen molar-refractivity contribution >= 4 is 5.91 Å². The van der Waals surface area contributed by atoms with Gasteiger partial charge in [-0.3, -0.25) is 4.79 Å². The molecule has 0 bridgehead atoms. The van der Waals surface area contributed by atoms with E-state index in [4.69, 9.17) is 5.11 Å². The maximum absolute atomic E-state index is 11.0. The average molecular weight is 193 g/mol. The van der Waals surface area contributed by atoms with Crippen LogP contribution >= 0.6 is 0 Å². The Kier molecular flexibility index (Phi) is 4.13. The van der Waals surface area contributed by atoms with Gasteiger partial charge in [-0.15, -0.1) is 0 Å². The molecule has 0 saturated carbocycles. The summed E-state index contributed by atoms with van der Waals surface area (Å²) in [6, 6.07) is 9.90. The van der Waals surface area contributed by atoms with Crippen LogP contribution in [-0.4, -0.2) is 23.7 Å². The van der Waals surface area contributed by atoms with Crippen LogP contribution in [0.4, 0.5) is 0 Å². The van der Waals surface area contributed by atoms with Crippen molar-refractivity contribution in [2.45, 2.75) is 19.4 Å². The van der Waals surface area contributed by atoms with Crippen LogP contribution in [-0.2, 0) is 11.2 Å². The lowest BCUT2D eigenvalue weighted by atomic mass is 10.1. The van der Waals surface area contributed by atoms with Gasteiger partial charge >= 0.3 is 0 Å². The Morgan fingerprint density at radius 2 is 2.07 bits per heavy atom. The fourth-order valence-electron chi connectivity index (χ4n) is 1.12. The van der Waals surface area contributed by atoms with Crippen LogP contribution < -0.4 is 5.32 Å². The summed E-state index contributed by atoms with van der Waals surface area (Å²) in [6.07, 6.45) is -0.134. The van der Waals surface area contributed by atoms with Gasteiger partial charge in [0.05, 0.1) is 0 Å². The molecule has 0 aliphatic rings. The van der Waals surface area contributed by atoms with E-state index in [0.29, 0.717) is 6.54 Å². The lowest BCUT2D eigenvalue weighted by Gasteiger charge is -2.06. The fourth-order valence-corrected chi connectivity index (χ4v) is 1.12. The van der Waals surface area contributed by atoms with E-state index < -0.39 is 6.10 Å². The molecule has 1 aromatic carbocycles. The van der Waals surface area contributed by atoms with Crippen LogP contribution in [0, 0.1) is 0 Å². The van der Waals surface area contributed by atoms with Gasteiger partial charge in [-0.05, 0) is 18.9 Å². The molecule has 1 unspecified atom stereocenters. The quantitative estimate of drug-likeness (QED) is 0.740. The number of hydrogen-bond acceptors (Lipinski definition) is 2. The first kappa shape index (κ1) is 10.7. The lowest BCUT2D eigenvalue weighted by Crippen LogP contribution is -2.33. The summed E-state index contributed by atoms with van der Waals surface area (Å²) >= 11 is 0. The zero-order valence-corrected chi connectivity index (χ0v) is 8.23. The minimum absolute atomic E-state index is 0.319. The van der Waals surface area contributed by atoms with E-state index in [1.807, 2.05) is 30.3 Å². The number of hydrogen-bond donors (Lipinski definition) is 2. The summed E-state index contributed by atoms with van der Waals surface area (Å²) in [5.74, 6) is -0.319. The molecule has 0 heterocycles. The largest absolute Gasteiger partial charge is 0.384 e. The summed E-state index contributed by atoms with van der Waals surface area (Å²) < 4.78 is 0. The van der Waals surface area contributed by atoms with Crippen LogP contribution in [0.3, 0.4) is 0 Å². The van der Waals surface area contributed by atoms with E-state index in [0.717, 1.165) is 6.42 Å². The van der Waals surface area contributed by atoms with Crippen molar-refractivity contribution in [3.05, 3.63) is 35.9 Å². The van der Waals surface area contributed by atoms with Crippen molar-refractivity contribution in [2.75, 3.05) is 6.54 Å². The zero-order valence-electron chi connectivity index (χ0n) is 8.23. The van der Waals surface area contributed by atoms with Gasteiger partial charge < -0.3 is 10.4 Å². The Bertz CT molecular complexity index is 283. The molecular weight excluding hydrogens is 178 g/mol. The summed E-state index contributed by atoms with van der Waals surface area (Å²) in [6.45, 7) is 2.02. The molecule has 0 spiro atoms. The maximum Gasteiger partial charge on any atom is 0.248 e. The predicted molar refractivity (Wildman–Crippen MR) is 54.8 cm³/mol. The van der Waals surface area contributed by atoms with Gasteiger partial charge in [0, 0.05) is 6.54 Å². The van der Waals surface area contributed by atoms with E-state index in [1.165, 1.54) is 12.5 Å². The fraction of sp³-hybridized carbons (Fsp3) is 0.364. The van der Waals surface area contributed by atoms with Crippen LogP contribution in [0.2, 0.25) is 0 Å². The van der Waals surface area contributed by atoms with E-state index >= 15 is 0 Å². The second-order valence-corrected chi connectivity index (χ2v) is 3.20. The van der Waals surface area contributed by atoms with E-state index in [-0.39, 0.29) is 5.91 Å². The lowest BCUT2D eigenvalue weighted by molar-refractivity contribution is -0.128. The van der Waals surface area contributed by atoms with Crippen molar-refractivity contribution in [3.63, 3.8) is 0 Å². The summed E-state index contributed by atoms with van der Waals surface area (Å²) in [5.41, 5.74) is 1.18. The second-order valence-electron chi connectivity index (χ2n) is 3.20. The average Bonchev–Trinajstić information content (AvgIpc) is 2.19. The molecule has 14 heavy (non-hydrogen) atoms. The number of aliphatic hydroxyl groups excluding tert-OH is 1. The van der Waals surface area contributed by atoms with Crippen LogP contribution in [0.25, 0.3) is 0 Å². The highest BCUT2D eigenvalue weighted by atomic mass is 16.3. The molecule has 3 nitrogen and oxygen atoms in total. The van der Waals surface area contributed by atoms with E-state index in [2.05, 4.69) is 5.32 Å². The van der Waals surface area contributed by atoms with Crippen molar-refractivity contribution in [3.8, 4) is 0 Å². The molecule has 0 aliphatic heterocycles. The van der Waals surface area contributed by atoms with Gasteiger partial charge in [0.15, 0.2) is 0 Å². The second kappa shape index (κ2) is 5.40. The first-order valence-corrected chi connectivity index (χ1v) is 4.70. The van der Waals surface area contributed by atoms with Crippen molar-refractivity contribution in [1.82, 2.24) is 5.32 Å². The molecular formula is C11H15NO2. The van der Waals surface area contributed by atoms with Gasteiger partial charge in [-0.1, -0.05) is 30.3 Å². The number of carbonyl (C=O) groups excluding carboxylic acids is 1. The molecule has 76 valence electrons. The van der Waals surface area contributed by atoms with Crippen LogP contribution in [0.15, 0.2) is 30.3 Å². The van der Waals surface area contributed by atoms with Crippen LogP contribution in [0.5, 0.6) is 0 Å². The maximum atomic E-state index is 11.0. The van der Waals surface area contributed by atoms with Gasteiger partial charge in [-0.25, -0.2) is 0 Å². The van der Waals surface area contributed by atoms with E-state index in [9.17, 15) is 4.79 Å². The highest BCUT2D eigenvalue weighted by molar-refractivity contribution is 5.79. The molecule has 0 aliphatic carbocycles. The molecule has 2 N–H and O–H groups in total. The topological polar surface area (TPSA) is 49.3 Å². The minimum atomic E-state index is -0.925. The zero-order chi connectivity index (χ0) is 10.4. The highest BCUT2D eigenvalue weighted by Crippen LogP contribution is 1.98. The minimum Gasteiger partial charge on any atom is -0.384 e. The molecule has 1 rings (SSSR count). The Hall–Kier alpha value is -1.35. The molecule has 1 atom stereocenters. The van der Waals surface area contributed by atoms with E-state index in [1.54, 1.807) is 0 Å². The summed E-state index contributed by atoms with van der Waals surface area (Å²) in [4.78, 5) is 11.0. The molecule has 1 amide bonds. The molecule has 0 saturated heterocycles. The number of benzene rings is 1. The first-order valence-electron chi connectivity index (χ1n) is 4.70. The first-order chi connectivity index (χ1) is 6.70. The third-order valence-electron chi connectivity index (χ3n) is 1.94. The Morgan fingerprint density at radius 3 is 2.64 bits per heavy atom. The standard InChI is InChI=1S/C11H15NO2/c1-9(13)11(14)12-8-7-10-5-3-2-4-6-10/h2-6,9,13H,7-8H2,1H3,(H,12,14). The third kappa shape index (κ3) is 3.58. The van der Waals surface area contributed by atoms with Gasteiger partial charge in [0.1, 0.15) is 6.10 Å². The van der Waals surface area contributed by atoms with Crippen molar-refractivity contribution in [1.29, 1.82) is 0 Å². The van der Waals surface area contributed by atoms with Crippen molar-refractivity contribution in [2.24, 2.45) is 0 Å². The van der Waals surface area contributed by atoms with Gasteiger partial charge in [-0.2, -0.15) is 0 Å². The van der Waals surface area contributed by atoms with Crippen molar-refractivity contribution < 1.29 is 9.90 Å². The smallest absolute Gasteiger partial charge is 0.248 e. The molecule has 3 heteroatoms.